The Morgan fingerprint density at radius 3 is 2.79 bits per heavy atom. The van der Waals surface area contributed by atoms with E-state index in [1.54, 1.807) is 0 Å². The van der Waals surface area contributed by atoms with E-state index in [1.165, 1.54) is 24.5 Å². The van der Waals surface area contributed by atoms with Crippen LogP contribution in [0.5, 0.6) is 0 Å². The van der Waals surface area contributed by atoms with E-state index in [1.807, 2.05) is 28.0 Å². The number of ether oxygens (including phenoxy) is 1. The monoisotopic (exact) mass is 380 g/mol. The minimum atomic E-state index is -0.222. The maximum atomic E-state index is 13.2. The molecule has 0 spiro atoms. The number of para-hydroxylation sites is 1. The van der Waals surface area contributed by atoms with Gasteiger partial charge in [0.2, 0.25) is 5.91 Å². The van der Waals surface area contributed by atoms with Gasteiger partial charge in [-0.2, -0.15) is 0 Å². The van der Waals surface area contributed by atoms with E-state index in [-0.39, 0.29) is 23.9 Å². The van der Waals surface area contributed by atoms with Crippen molar-refractivity contribution in [3.8, 4) is 0 Å². The average molecular weight is 380 g/mol. The van der Waals surface area contributed by atoms with Crippen LogP contribution < -0.4 is 15.4 Å². The zero-order valence-corrected chi connectivity index (χ0v) is 15.8. The Morgan fingerprint density at radius 1 is 1.21 bits per heavy atom. The highest BCUT2D eigenvalue weighted by Crippen LogP contribution is 2.44. The second-order valence-corrected chi connectivity index (χ2v) is 7.83. The van der Waals surface area contributed by atoms with E-state index in [2.05, 4.69) is 16.0 Å². The smallest absolute Gasteiger partial charge is 0.252 e. The van der Waals surface area contributed by atoms with E-state index in [9.17, 15) is 9.59 Å². The van der Waals surface area contributed by atoms with Crippen LogP contribution in [0.2, 0.25) is 0 Å². The SMILES string of the molecule is O=C(Cc1nc(N2CCOCC2)cc(=O)[nH]1)N1c2ccccc2C[C@@H]1C1CC1. The highest BCUT2D eigenvalue weighted by Gasteiger charge is 2.42. The molecule has 146 valence electrons. The molecule has 3 aliphatic rings. The van der Waals surface area contributed by atoms with Gasteiger partial charge in [0.05, 0.1) is 19.6 Å². The number of fused-ring (bicyclic) bond motifs is 1. The van der Waals surface area contributed by atoms with Crippen molar-refractivity contribution in [2.24, 2.45) is 5.92 Å². The number of carbonyl (C=O) groups excluding carboxylic acids is 1. The van der Waals surface area contributed by atoms with E-state index in [0.29, 0.717) is 43.9 Å². The van der Waals surface area contributed by atoms with Crippen molar-refractivity contribution in [1.29, 1.82) is 0 Å². The van der Waals surface area contributed by atoms with E-state index in [0.717, 1.165) is 12.1 Å². The Balaban J connectivity index is 1.40. The summed E-state index contributed by atoms with van der Waals surface area (Å²) in [5, 5.41) is 0. The highest BCUT2D eigenvalue weighted by atomic mass is 16.5. The predicted molar refractivity (Wildman–Crippen MR) is 106 cm³/mol. The summed E-state index contributed by atoms with van der Waals surface area (Å²) in [5.74, 6) is 1.64. The Hall–Kier alpha value is -2.67. The normalized spacial score (nSPS) is 21.6. The first-order chi connectivity index (χ1) is 13.7. The molecule has 2 aliphatic heterocycles. The largest absolute Gasteiger partial charge is 0.378 e. The summed E-state index contributed by atoms with van der Waals surface area (Å²) in [6, 6.07) is 9.87. The third kappa shape index (κ3) is 3.30. The lowest BCUT2D eigenvalue weighted by Crippen LogP contribution is -2.41. The molecule has 5 rings (SSSR count). The maximum absolute atomic E-state index is 13.2. The van der Waals surface area contributed by atoms with E-state index in [4.69, 9.17) is 4.74 Å². The van der Waals surface area contributed by atoms with Crippen LogP contribution in [0.3, 0.4) is 0 Å². The van der Waals surface area contributed by atoms with Crippen molar-refractivity contribution in [2.45, 2.75) is 31.7 Å². The molecule has 1 amide bonds. The fraction of sp³-hybridized carbons (Fsp3) is 0.476. The number of carbonyl (C=O) groups is 1. The highest BCUT2D eigenvalue weighted by molar-refractivity contribution is 5.97. The van der Waals surface area contributed by atoms with Crippen molar-refractivity contribution in [3.05, 3.63) is 52.1 Å². The molecule has 7 nitrogen and oxygen atoms in total. The van der Waals surface area contributed by atoms with Crippen molar-refractivity contribution >= 4 is 17.4 Å². The Labute approximate surface area is 163 Å². The number of aromatic amines is 1. The molecule has 2 fully saturated rings. The maximum Gasteiger partial charge on any atom is 0.252 e. The van der Waals surface area contributed by atoms with Gasteiger partial charge < -0.3 is 19.5 Å². The Bertz CT molecular complexity index is 947. The molecule has 1 atom stereocenters. The molecule has 7 heteroatoms. The fourth-order valence-corrected chi connectivity index (χ4v) is 4.35. The van der Waals surface area contributed by atoms with Crippen LogP contribution in [0, 0.1) is 5.92 Å². The first-order valence-electron chi connectivity index (χ1n) is 10.0. The van der Waals surface area contributed by atoms with Crippen LogP contribution in [0.4, 0.5) is 11.5 Å². The molecular weight excluding hydrogens is 356 g/mol. The molecule has 1 saturated heterocycles. The number of nitrogens with zero attached hydrogens (tertiary/aromatic N) is 3. The number of hydrogen-bond donors (Lipinski definition) is 1. The van der Waals surface area contributed by atoms with Crippen LogP contribution in [0.15, 0.2) is 35.1 Å². The van der Waals surface area contributed by atoms with Crippen molar-refractivity contribution < 1.29 is 9.53 Å². The van der Waals surface area contributed by atoms with Crippen LogP contribution in [0.25, 0.3) is 0 Å². The van der Waals surface area contributed by atoms with Gasteiger partial charge in [0, 0.05) is 30.9 Å². The number of aromatic nitrogens is 2. The van der Waals surface area contributed by atoms with Gasteiger partial charge in [-0.15, -0.1) is 0 Å². The molecule has 2 aromatic rings. The molecular formula is C21H24N4O3. The Kier molecular flexibility index (Phi) is 4.39. The van der Waals surface area contributed by atoms with E-state index < -0.39 is 0 Å². The molecule has 1 saturated carbocycles. The minimum absolute atomic E-state index is 0.00382. The zero-order chi connectivity index (χ0) is 19.1. The van der Waals surface area contributed by atoms with Crippen molar-refractivity contribution in [2.75, 3.05) is 36.1 Å². The number of amides is 1. The molecule has 1 aromatic heterocycles. The van der Waals surface area contributed by atoms with Gasteiger partial charge in [-0.05, 0) is 36.8 Å². The molecule has 1 aromatic carbocycles. The number of nitrogens with one attached hydrogen (secondary N) is 1. The second-order valence-electron chi connectivity index (χ2n) is 7.83. The number of benzene rings is 1. The minimum Gasteiger partial charge on any atom is -0.378 e. The Morgan fingerprint density at radius 2 is 2.00 bits per heavy atom. The van der Waals surface area contributed by atoms with Crippen LogP contribution in [0.1, 0.15) is 24.2 Å². The van der Waals surface area contributed by atoms with Crippen LogP contribution in [-0.2, 0) is 22.4 Å². The lowest BCUT2D eigenvalue weighted by atomic mass is 10.1. The van der Waals surface area contributed by atoms with Gasteiger partial charge in [0.25, 0.3) is 5.56 Å². The van der Waals surface area contributed by atoms with Crippen LogP contribution >= 0.6 is 0 Å². The summed E-state index contributed by atoms with van der Waals surface area (Å²) < 4.78 is 5.37. The number of H-pyrrole nitrogens is 1. The van der Waals surface area contributed by atoms with Gasteiger partial charge >= 0.3 is 0 Å². The molecule has 1 aliphatic carbocycles. The number of anilines is 2. The van der Waals surface area contributed by atoms with Gasteiger partial charge in [-0.3, -0.25) is 9.59 Å². The lowest BCUT2D eigenvalue weighted by Gasteiger charge is -2.28. The van der Waals surface area contributed by atoms with Gasteiger partial charge in [-0.1, -0.05) is 18.2 Å². The lowest BCUT2D eigenvalue weighted by molar-refractivity contribution is -0.118. The van der Waals surface area contributed by atoms with E-state index >= 15 is 0 Å². The molecule has 0 unspecified atom stereocenters. The van der Waals surface area contributed by atoms with Crippen LogP contribution in [-0.4, -0.2) is 48.2 Å². The predicted octanol–water partition coefficient (Wildman–Crippen LogP) is 1.52. The summed E-state index contributed by atoms with van der Waals surface area (Å²) >= 11 is 0. The molecule has 0 bridgehead atoms. The molecule has 3 heterocycles. The van der Waals surface area contributed by atoms with Gasteiger partial charge in [-0.25, -0.2) is 4.98 Å². The molecule has 1 N–H and O–H groups in total. The topological polar surface area (TPSA) is 78.5 Å². The van der Waals surface area contributed by atoms with Crippen molar-refractivity contribution in [1.82, 2.24) is 9.97 Å². The first-order valence-corrected chi connectivity index (χ1v) is 10.0. The standard InChI is InChI=1S/C21H24N4O3/c26-20-13-19(24-7-9-28-10-8-24)22-18(23-20)12-21(27)25-16-4-2-1-3-15(16)11-17(25)14-5-6-14/h1-4,13-14,17H,5-12H2,(H,22,23,26)/t17-/m1/s1. The third-order valence-corrected chi connectivity index (χ3v) is 5.88. The molecule has 28 heavy (non-hydrogen) atoms. The number of morpholine rings is 1. The summed E-state index contributed by atoms with van der Waals surface area (Å²) in [5.41, 5.74) is 2.02. The summed E-state index contributed by atoms with van der Waals surface area (Å²) in [6.45, 7) is 2.65. The second kappa shape index (κ2) is 7.05. The van der Waals surface area contributed by atoms with Gasteiger partial charge in [0.15, 0.2) is 0 Å². The first kappa shape index (κ1) is 17.4. The van der Waals surface area contributed by atoms with Gasteiger partial charge in [0.1, 0.15) is 11.6 Å². The number of hydrogen-bond acceptors (Lipinski definition) is 5. The quantitative estimate of drug-likeness (QED) is 0.870. The number of rotatable bonds is 4. The molecule has 0 radical (unpaired) electrons. The summed E-state index contributed by atoms with van der Waals surface area (Å²) in [7, 11) is 0. The summed E-state index contributed by atoms with van der Waals surface area (Å²) in [6.07, 6.45) is 3.39. The average Bonchev–Trinajstić information content (AvgIpc) is 3.48. The zero-order valence-electron chi connectivity index (χ0n) is 15.8. The third-order valence-electron chi connectivity index (χ3n) is 5.88. The fourth-order valence-electron chi connectivity index (χ4n) is 4.35. The summed E-state index contributed by atoms with van der Waals surface area (Å²) in [4.78, 5) is 36.7. The van der Waals surface area contributed by atoms with Crippen molar-refractivity contribution in [3.63, 3.8) is 0 Å².